The smallest absolute Gasteiger partial charge is 0.334 e. The molecule has 1 fully saturated rings. The second kappa shape index (κ2) is 8.94. The summed E-state index contributed by atoms with van der Waals surface area (Å²) in [5.41, 5.74) is 1.42. The molecule has 6 heteroatoms. The van der Waals surface area contributed by atoms with Crippen molar-refractivity contribution < 1.29 is 29.0 Å². The van der Waals surface area contributed by atoms with Gasteiger partial charge in [-0.1, -0.05) is 26.5 Å². The molecule has 0 aromatic rings. The van der Waals surface area contributed by atoms with Crippen LogP contribution in [-0.2, 0) is 23.9 Å². The van der Waals surface area contributed by atoms with Gasteiger partial charge in [-0.3, -0.25) is 9.59 Å². The van der Waals surface area contributed by atoms with Crippen molar-refractivity contribution in [3.63, 3.8) is 0 Å². The number of carbonyl (C=O) groups excluding carboxylic acids is 3. The quantitative estimate of drug-likeness (QED) is 0.349. The van der Waals surface area contributed by atoms with E-state index in [1.807, 2.05) is 13.8 Å². The highest BCUT2D eigenvalue weighted by Crippen LogP contribution is 2.36. The Balaban J connectivity index is 2.38. The Morgan fingerprint density at radius 3 is 2.85 bits per heavy atom. The first-order chi connectivity index (χ1) is 12.3. The average Bonchev–Trinajstić information content (AvgIpc) is 2.85. The van der Waals surface area contributed by atoms with Crippen LogP contribution in [0.1, 0.15) is 39.5 Å². The number of esters is 2. The van der Waals surface area contributed by atoms with Gasteiger partial charge in [0.05, 0.1) is 12.5 Å². The number of hydrogen-bond acceptors (Lipinski definition) is 6. The summed E-state index contributed by atoms with van der Waals surface area (Å²) in [6.45, 7) is 7.45. The fourth-order valence-electron chi connectivity index (χ4n) is 3.28. The van der Waals surface area contributed by atoms with Crippen LogP contribution in [0.5, 0.6) is 0 Å². The third kappa shape index (κ3) is 4.91. The molecule has 1 aliphatic carbocycles. The minimum Gasteiger partial charge on any atom is -0.461 e. The third-order valence-corrected chi connectivity index (χ3v) is 4.58. The van der Waals surface area contributed by atoms with E-state index in [1.165, 1.54) is 0 Å². The Morgan fingerprint density at radius 2 is 2.23 bits per heavy atom. The van der Waals surface area contributed by atoms with Crippen LogP contribution >= 0.6 is 0 Å². The van der Waals surface area contributed by atoms with Crippen LogP contribution in [0, 0.1) is 11.8 Å². The van der Waals surface area contributed by atoms with Crippen molar-refractivity contribution in [3.8, 4) is 0 Å². The van der Waals surface area contributed by atoms with Crippen LogP contribution in [0.2, 0.25) is 0 Å². The minimum atomic E-state index is -0.726. The number of carbonyl (C=O) groups is 3. The van der Waals surface area contributed by atoms with Gasteiger partial charge in [-0.15, -0.1) is 0 Å². The van der Waals surface area contributed by atoms with Crippen molar-refractivity contribution in [1.29, 1.82) is 0 Å². The summed E-state index contributed by atoms with van der Waals surface area (Å²) in [4.78, 5) is 35.7. The van der Waals surface area contributed by atoms with E-state index in [1.54, 1.807) is 12.2 Å². The number of fused-ring (bicyclic) bond motifs is 1. The summed E-state index contributed by atoms with van der Waals surface area (Å²) in [6, 6.07) is 0. The second-order valence-corrected chi connectivity index (χ2v) is 7.17. The SMILES string of the molecule is C=C1C(=O)OC2/C=C(\CO)CC/C=C(\C=O)CC(OC(=O)CC(C)C)C12. The van der Waals surface area contributed by atoms with Crippen LogP contribution in [-0.4, -0.2) is 42.1 Å². The minimum absolute atomic E-state index is 0.129. The number of allylic oxidation sites excluding steroid dienone is 1. The molecule has 0 saturated carbocycles. The fourth-order valence-corrected chi connectivity index (χ4v) is 3.28. The second-order valence-electron chi connectivity index (χ2n) is 7.17. The van der Waals surface area contributed by atoms with Crippen LogP contribution in [0.3, 0.4) is 0 Å². The van der Waals surface area contributed by atoms with Gasteiger partial charge in [0.15, 0.2) is 0 Å². The van der Waals surface area contributed by atoms with Gasteiger partial charge in [-0.05, 0) is 36.0 Å². The van der Waals surface area contributed by atoms with Crippen LogP contribution < -0.4 is 0 Å². The Bertz CT molecular complexity index is 643. The molecule has 0 amide bonds. The molecule has 142 valence electrons. The molecule has 0 aromatic carbocycles. The molecule has 2 aliphatic rings. The van der Waals surface area contributed by atoms with Gasteiger partial charge < -0.3 is 14.6 Å². The van der Waals surface area contributed by atoms with E-state index in [2.05, 4.69) is 6.58 Å². The standard InChI is InChI=1S/C20H26O6/c1-12(2)7-18(23)25-16-8-14(10-21)5-4-6-15(11-22)9-17-19(16)13(3)20(24)26-17/h5,9-10,12,16-17,19,22H,3-4,6-8,11H2,1-2H3/b14-5-,15-9-. The summed E-state index contributed by atoms with van der Waals surface area (Å²) in [5, 5.41) is 9.55. The molecular formula is C20H26O6. The maximum atomic E-state index is 12.2. The lowest BCUT2D eigenvalue weighted by Gasteiger charge is -2.27. The van der Waals surface area contributed by atoms with Crippen LogP contribution in [0.25, 0.3) is 0 Å². The van der Waals surface area contributed by atoms with Crippen LogP contribution in [0.4, 0.5) is 0 Å². The normalized spacial score (nSPS) is 30.5. The predicted molar refractivity (Wildman–Crippen MR) is 95.0 cm³/mol. The van der Waals surface area contributed by atoms with Crippen molar-refractivity contribution in [3.05, 3.63) is 35.5 Å². The number of aliphatic hydroxyl groups is 1. The Kier molecular flexibility index (Phi) is 6.91. The molecule has 0 aromatic heterocycles. The lowest BCUT2D eigenvalue weighted by molar-refractivity contribution is -0.153. The number of rotatable bonds is 5. The summed E-state index contributed by atoms with van der Waals surface area (Å²) in [5.74, 6) is -1.38. The van der Waals surface area contributed by atoms with Crippen molar-refractivity contribution >= 4 is 18.2 Å². The number of aldehydes is 1. The number of ether oxygens (including phenoxy) is 2. The molecule has 0 spiro atoms. The largest absolute Gasteiger partial charge is 0.461 e. The molecule has 1 N–H and O–H groups in total. The highest BCUT2D eigenvalue weighted by Gasteiger charge is 2.44. The zero-order valence-electron chi connectivity index (χ0n) is 15.3. The topological polar surface area (TPSA) is 89.9 Å². The molecule has 0 bridgehead atoms. The van der Waals surface area contributed by atoms with Gasteiger partial charge in [-0.25, -0.2) is 4.79 Å². The average molecular weight is 362 g/mol. The van der Waals surface area contributed by atoms with Gasteiger partial charge in [-0.2, -0.15) is 0 Å². The summed E-state index contributed by atoms with van der Waals surface area (Å²) < 4.78 is 11.0. The predicted octanol–water partition coefficient (Wildman–Crippen LogP) is 2.27. The third-order valence-electron chi connectivity index (χ3n) is 4.58. The summed E-state index contributed by atoms with van der Waals surface area (Å²) in [7, 11) is 0. The van der Waals surface area contributed by atoms with Crippen molar-refractivity contribution in [2.75, 3.05) is 6.61 Å². The van der Waals surface area contributed by atoms with Gasteiger partial charge in [0.25, 0.3) is 0 Å². The van der Waals surface area contributed by atoms with Gasteiger partial charge in [0, 0.05) is 18.4 Å². The van der Waals surface area contributed by atoms with E-state index in [0.717, 1.165) is 6.29 Å². The molecule has 1 heterocycles. The lowest BCUT2D eigenvalue weighted by Crippen LogP contribution is -2.34. The number of aliphatic hydroxyl groups excluding tert-OH is 1. The van der Waals surface area contributed by atoms with Crippen LogP contribution in [0.15, 0.2) is 35.5 Å². The van der Waals surface area contributed by atoms with E-state index < -0.39 is 24.1 Å². The molecule has 1 aliphatic heterocycles. The summed E-state index contributed by atoms with van der Waals surface area (Å²) >= 11 is 0. The monoisotopic (exact) mass is 362 g/mol. The van der Waals surface area contributed by atoms with Crippen molar-refractivity contribution in [2.24, 2.45) is 11.8 Å². The zero-order chi connectivity index (χ0) is 19.3. The molecule has 2 rings (SSSR count). The lowest BCUT2D eigenvalue weighted by atomic mass is 9.85. The Morgan fingerprint density at radius 1 is 1.50 bits per heavy atom. The molecule has 6 nitrogen and oxygen atoms in total. The van der Waals surface area contributed by atoms with Gasteiger partial charge >= 0.3 is 11.9 Å². The molecule has 3 atom stereocenters. The van der Waals surface area contributed by atoms with E-state index in [-0.39, 0.29) is 36.9 Å². The summed E-state index contributed by atoms with van der Waals surface area (Å²) in [6.07, 6.45) is 4.40. The molecule has 1 saturated heterocycles. The highest BCUT2D eigenvalue weighted by atomic mass is 16.6. The van der Waals surface area contributed by atoms with Gasteiger partial charge in [0.1, 0.15) is 18.5 Å². The highest BCUT2D eigenvalue weighted by molar-refractivity contribution is 5.91. The molecule has 26 heavy (non-hydrogen) atoms. The van der Waals surface area contributed by atoms with E-state index in [9.17, 15) is 19.5 Å². The Labute approximate surface area is 153 Å². The van der Waals surface area contributed by atoms with E-state index >= 15 is 0 Å². The van der Waals surface area contributed by atoms with Crippen molar-refractivity contribution in [1.82, 2.24) is 0 Å². The van der Waals surface area contributed by atoms with Crippen molar-refractivity contribution in [2.45, 2.75) is 51.7 Å². The van der Waals surface area contributed by atoms with Gasteiger partial charge in [0.2, 0.25) is 0 Å². The number of hydrogen-bond donors (Lipinski definition) is 1. The van der Waals surface area contributed by atoms with E-state index in [0.29, 0.717) is 24.0 Å². The molecular weight excluding hydrogens is 336 g/mol. The Hall–Kier alpha value is -2.21. The molecule has 3 unspecified atom stereocenters. The van der Waals surface area contributed by atoms with E-state index in [4.69, 9.17) is 9.47 Å². The first-order valence-electron chi connectivity index (χ1n) is 8.89. The first kappa shape index (κ1) is 20.1. The zero-order valence-corrected chi connectivity index (χ0v) is 15.3. The molecule has 0 radical (unpaired) electrons. The maximum absolute atomic E-state index is 12.2. The fraction of sp³-hybridized carbons (Fsp3) is 0.550. The maximum Gasteiger partial charge on any atom is 0.334 e. The first-order valence-corrected chi connectivity index (χ1v) is 8.89.